The minimum absolute atomic E-state index is 0.197. The smallest absolute Gasteiger partial charge is 0.258 e. The molecule has 166 valence electrons. The van der Waals surface area contributed by atoms with Gasteiger partial charge in [0.2, 0.25) is 5.82 Å². The minimum atomic E-state index is -0.197. The highest BCUT2D eigenvalue weighted by atomic mass is 32.1. The lowest BCUT2D eigenvalue weighted by molar-refractivity contribution is 0.396. The van der Waals surface area contributed by atoms with Crippen molar-refractivity contribution < 1.29 is 9.26 Å². The summed E-state index contributed by atoms with van der Waals surface area (Å²) in [5.74, 6) is 1.87. The topological polar surface area (TPSA) is 63.4 Å². The van der Waals surface area contributed by atoms with Crippen LogP contribution in [0.15, 0.2) is 58.8 Å². The molecule has 0 radical (unpaired) electrons. The molecule has 0 spiro atoms. The zero-order valence-corrected chi connectivity index (χ0v) is 19.7. The average Bonchev–Trinajstić information content (AvgIpc) is 3.31. The molecule has 0 amide bonds. The van der Waals surface area contributed by atoms with E-state index in [1.165, 1.54) is 5.56 Å². The first kappa shape index (κ1) is 22.0. The lowest BCUT2D eigenvalue weighted by atomic mass is 9.94. The molecule has 0 saturated heterocycles. The Bertz CT molecular complexity index is 1120. The van der Waals surface area contributed by atoms with Crippen LogP contribution in [-0.2, 0) is 6.42 Å². The number of thiocarbonyl (C=S) groups is 1. The van der Waals surface area contributed by atoms with Gasteiger partial charge >= 0.3 is 0 Å². The van der Waals surface area contributed by atoms with Gasteiger partial charge in [-0.25, -0.2) is 0 Å². The fraction of sp³-hybridized carbons (Fsp3) is 0.320. The highest BCUT2D eigenvalue weighted by molar-refractivity contribution is 7.80. The Morgan fingerprint density at radius 3 is 2.44 bits per heavy atom. The lowest BCUT2D eigenvalue weighted by Gasteiger charge is -2.37. The molecule has 1 aliphatic rings. The first-order chi connectivity index (χ1) is 15.5. The van der Waals surface area contributed by atoms with Crippen molar-refractivity contribution in [2.24, 2.45) is 0 Å². The molecule has 1 unspecified atom stereocenters. The van der Waals surface area contributed by atoms with Crippen LogP contribution >= 0.6 is 12.2 Å². The van der Waals surface area contributed by atoms with Crippen molar-refractivity contribution in [2.45, 2.75) is 39.7 Å². The van der Waals surface area contributed by atoms with Gasteiger partial charge in [-0.1, -0.05) is 55.4 Å². The monoisotopic (exact) mass is 448 g/mol. The molecule has 0 aliphatic carbocycles. The molecule has 0 bridgehead atoms. The third kappa shape index (κ3) is 4.25. The van der Waals surface area contributed by atoms with Gasteiger partial charge in [-0.15, -0.1) is 0 Å². The summed E-state index contributed by atoms with van der Waals surface area (Å²) in [5, 5.41) is 8.45. The summed E-state index contributed by atoms with van der Waals surface area (Å²) in [6.45, 7) is 7.15. The molecule has 1 atom stereocenters. The Kier molecular flexibility index (Phi) is 6.55. The van der Waals surface area contributed by atoms with E-state index in [1.807, 2.05) is 36.4 Å². The van der Waals surface area contributed by atoms with Crippen LogP contribution in [0.5, 0.6) is 5.75 Å². The van der Waals surface area contributed by atoms with Gasteiger partial charge < -0.3 is 19.5 Å². The van der Waals surface area contributed by atoms with E-state index in [9.17, 15) is 0 Å². The summed E-state index contributed by atoms with van der Waals surface area (Å²) in [7, 11) is 1.66. The van der Waals surface area contributed by atoms with E-state index in [4.69, 9.17) is 26.5 Å². The SMILES string of the molecule is CCCN1C(=S)NC(c2ccc(OC)cc2)C(c2nc(-c3ccc(CC)cc3)no2)=C1C. The number of rotatable bonds is 7. The molecule has 2 aromatic carbocycles. The Morgan fingerprint density at radius 2 is 1.81 bits per heavy atom. The van der Waals surface area contributed by atoms with Crippen LogP contribution in [0.4, 0.5) is 0 Å². The van der Waals surface area contributed by atoms with Crippen molar-refractivity contribution in [3.63, 3.8) is 0 Å². The van der Waals surface area contributed by atoms with Crippen LogP contribution in [0.25, 0.3) is 17.0 Å². The molecule has 4 rings (SSSR count). The van der Waals surface area contributed by atoms with Gasteiger partial charge in [-0.05, 0) is 55.2 Å². The molecule has 1 N–H and O–H groups in total. The third-order valence-corrected chi connectivity index (χ3v) is 6.11. The van der Waals surface area contributed by atoms with Crippen molar-refractivity contribution in [3.05, 3.63) is 71.2 Å². The van der Waals surface area contributed by atoms with Gasteiger partial charge in [-0.3, -0.25) is 0 Å². The van der Waals surface area contributed by atoms with Crippen molar-refractivity contribution in [1.82, 2.24) is 20.4 Å². The number of nitrogens with one attached hydrogen (secondary N) is 1. The maximum atomic E-state index is 5.79. The number of hydrogen-bond donors (Lipinski definition) is 1. The second-order valence-electron chi connectivity index (χ2n) is 7.78. The normalized spacial score (nSPS) is 16.3. The van der Waals surface area contributed by atoms with Crippen molar-refractivity contribution in [3.8, 4) is 17.1 Å². The lowest BCUT2D eigenvalue weighted by Crippen LogP contribution is -2.46. The first-order valence-electron chi connectivity index (χ1n) is 10.9. The number of allylic oxidation sites excluding steroid dienone is 1. The number of aromatic nitrogens is 2. The van der Waals surface area contributed by atoms with E-state index in [0.717, 1.165) is 47.5 Å². The summed E-state index contributed by atoms with van der Waals surface area (Å²) in [6, 6.07) is 16.0. The number of benzene rings is 2. The predicted molar refractivity (Wildman–Crippen MR) is 130 cm³/mol. The summed E-state index contributed by atoms with van der Waals surface area (Å²) in [5.41, 5.74) is 5.21. The molecule has 0 saturated carbocycles. The average molecular weight is 449 g/mol. The quantitative estimate of drug-likeness (QED) is 0.487. The van der Waals surface area contributed by atoms with Crippen LogP contribution in [0.3, 0.4) is 0 Å². The fourth-order valence-corrected chi connectivity index (χ4v) is 4.28. The molecule has 6 nitrogen and oxygen atoms in total. The zero-order chi connectivity index (χ0) is 22.7. The van der Waals surface area contributed by atoms with E-state index in [0.29, 0.717) is 16.8 Å². The Morgan fingerprint density at radius 1 is 1.09 bits per heavy atom. The molecule has 2 heterocycles. The largest absolute Gasteiger partial charge is 0.497 e. The molecular formula is C25H28N4O2S. The van der Waals surface area contributed by atoms with E-state index in [-0.39, 0.29) is 6.04 Å². The third-order valence-electron chi connectivity index (χ3n) is 5.77. The minimum Gasteiger partial charge on any atom is -0.497 e. The van der Waals surface area contributed by atoms with Gasteiger partial charge in [0.1, 0.15) is 5.75 Å². The molecule has 1 aliphatic heterocycles. The van der Waals surface area contributed by atoms with E-state index < -0.39 is 0 Å². The highest BCUT2D eigenvalue weighted by Crippen LogP contribution is 2.37. The Hall–Kier alpha value is -3.19. The van der Waals surface area contributed by atoms with Crippen LogP contribution in [0.1, 0.15) is 50.3 Å². The maximum Gasteiger partial charge on any atom is 0.258 e. The summed E-state index contributed by atoms with van der Waals surface area (Å²) >= 11 is 5.69. The fourth-order valence-electron chi connectivity index (χ4n) is 3.94. The van der Waals surface area contributed by atoms with Crippen molar-refractivity contribution in [2.75, 3.05) is 13.7 Å². The number of ether oxygens (including phenoxy) is 1. The van der Waals surface area contributed by atoms with Crippen LogP contribution in [0, 0.1) is 0 Å². The molecule has 3 aromatic rings. The van der Waals surface area contributed by atoms with E-state index >= 15 is 0 Å². The summed E-state index contributed by atoms with van der Waals surface area (Å²) in [4.78, 5) is 6.87. The van der Waals surface area contributed by atoms with Crippen LogP contribution in [-0.4, -0.2) is 33.8 Å². The van der Waals surface area contributed by atoms with Gasteiger partial charge in [0, 0.05) is 17.8 Å². The maximum absolute atomic E-state index is 5.79. The van der Waals surface area contributed by atoms with Crippen molar-refractivity contribution >= 4 is 22.9 Å². The second-order valence-corrected chi connectivity index (χ2v) is 8.17. The van der Waals surface area contributed by atoms with Gasteiger partial charge in [0.05, 0.1) is 18.7 Å². The van der Waals surface area contributed by atoms with Gasteiger partial charge in [0.15, 0.2) is 5.11 Å². The Balaban J connectivity index is 1.77. The van der Waals surface area contributed by atoms with Gasteiger partial charge in [-0.2, -0.15) is 4.98 Å². The number of methoxy groups -OCH3 is 1. The standard InChI is InChI=1S/C25H28N4O2S/c1-5-15-29-16(3)21(22(26-25(29)32)18-11-13-20(30-4)14-12-18)24-27-23(28-31-24)19-9-7-17(6-2)8-10-19/h7-14,22H,5-6,15H2,1-4H3,(H,26,32). The zero-order valence-electron chi connectivity index (χ0n) is 18.9. The highest BCUT2D eigenvalue weighted by Gasteiger charge is 2.33. The molecule has 32 heavy (non-hydrogen) atoms. The molecule has 0 fully saturated rings. The molecule has 7 heteroatoms. The number of nitrogens with zero attached hydrogens (tertiary/aromatic N) is 3. The predicted octanol–water partition coefficient (Wildman–Crippen LogP) is 5.38. The van der Waals surface area contributed by atoms with E-state index in [2.05, 4.69) is 48.3 Å². The number of aryl methyl sites for hydroxylation is 1. The summed E-state index contributed by atoms with van der Waals surface area (Å²) < 4.78 is 11.1. The molecular weight excluding hydrogens is 420 g/mol. The van der Waals surface area contributed by atoms with Crippen LogP contribution < -0.4 is 10.1 Å². The van der Waals surface area contributed by atoms with E-state index in [1.54, 1.807) is 7.11 Å². The number of hydrogen-bond acceptors (Lipinski definition) is 5. The second kappa shape index (κ2) is 9.53. The Labute approximate surface area is 194 Å². The first-order valence-corrected chi connectivity index (χ1v) is 11.3. The van der Waals surface area contributed by atoms with Crippen molar-refractivity contribution in [1.29, 1.82) is 0 Å². The summed E-state index contributed by atoms with van der Waals surface area (Å²) in [6.07, 6.45) is 1.96. The molecule has 1 aromatic heterocycles. The van der Waals surface area contributed by atoms with Crippen LogP contribution in [0.2, 0.25) is 0 Å². The van der Waals surface area contributed by atoms with Gasteiger partial charge in [0.25, 0.3) is 5.89 Å².